The van der Waals surface area contributed by atoms with Crippen LogP contribution in [0.15, 0.2) is 0 Å². The number of hydrogen-bond acceptors (Lipinski definition) is 4. The molecule has 0 spiro atoms. The van der Waals surface area contributed by atoms with Gasteiger partial charge in [-0.3, -0.25) is 0 Å². The van der Waals surface area contributed by atoms with Crippen LogP contribution < -0.4 is 0 Å². The zero-order chi connectivity index (χ0) is 9.80. The molecule has 2 rings (SSSR count). The molecule has 2 heterocycles. The Morgan fingerprint density at radius 2 is 1.14 bits per heavy atom. The summed E-state index contributed by atoms with van der Waals surface area (Å²) in [6, 6.07) is 0. The van der Waals surface area contributed by atoms with Crippen molar-refractivity contribution in [1.29, 1.82) is 0 Å². The van der Waals surface area contributed by atoms with E-state index in [2.05, 4.69) is 13.6 Å². The van der Waals surface area contributed by atoms with Crippen LogP contribution in [0.5, 0.6) is 0 Å². The Morgan fingerprint density at radius 1 is 0.786 bits per heavy atom. The van der Waals surface area contributed by atoms with Gasteiger partial charge >= 0.3 is 14.6 Å². The second-order valence-electron chi connectivity index (χ2n) is 3.93. The van der Waals surface area contributed by atoms with E-state index < -0.39 is 14.6 Å². The lowest BCUT2D eigenvalue weighted by Gasteiger charge is -2.38. The maximum Gasteiger partial charge on any atom is 0.485 e. The predicted molar refractivity (Wildman–Crippen MR) is 56.4 cm³/mol. The van der Waals surface area contributed by atoms with E-state index in [9.17, 15) is 0 Å². The van der Waals surface area contributed by atoms with E-state index in [0.29, 0.717) is 0 Å². The zero-order valence-corrected chi connectivity index (χ0v) is 10.1. The predicted octanol–water partition coefficient (Wildman–Crippen LogP) is -0.231. The summed E-state index contributed by atoms with van der Waals surface area (Å²) in [5.74, 6) is 2.43. The molecule has 14 heavy (non-hydrogen) atoms. The first kappa shape index (κ1) is 10.9. The molecular formula is C9H19AlN2O2. The van der Waals surface area contributed by atoms with E-state index in [1.165, 1.54) is 0 Å². The van der Waals surface area contributed by atoms with Crippen LogP contribution in [0, 0.1) is 0 Å². The third kappa shape index (κ3) is 2.69. The second-order valence-corrected chi connectivity index (χ2v) is 6.65. The summed E-state index contributed by atoms with van der Waals surface area (Å²) in [6.45, 7) is 8.19. The lowest BCUT2D eigenvalue weighted by Crippen LogP contribution is -2.57. The van der Waals surface area contributed by atoms with Gasteiger partial charge < -0.3 is 17.2 Å². The summed E-state index contributed by atoms with van der Waals surface area (Å²) in [5, 5.41) is 0. The largest absolute Gasteiger partial charge is 0.485 e. The van der Waals surface area contributed by atoms with Gasteiger partial charge in [0, 0.05) is 26.2 Å². The summed E-state index contributed by atoms with van der Waals surface area (Å²) in [5.41, 5.74) is 0. The summed E-state index contributed by atoms with van der Waals surface area (Å²) < 4.78 is 16.0. The maximum atomic E-state index is 5.37. The molecule has 0 N–H and O–H groups in total. The van der Waals surface area contributed by atoms with E-state index in [-0.39, 0.29) is 0 Å². The molecule has 0 amide bonds. The highest BCUT2D eigenvalue weighted by atomic mass is 27.2. The monoisotopic (exact) mass is 214 g/mol. The standard InChI is InChI=1S/2C4H8NO.CH3.Al/c2*1-3-6-4-2-5-1;;/h2*1-4H2;1H3;/q2*-1;;+2. The van der Waals surface area contributed by atoms with E-state index >= 15 is 0 Å². The molecule has 0 aromatic rings. The van der Waals surface area contributed by atoms with E-state index in [1.807, 2.05) is 0 Å². The number of ether oxygens (including phenoxy) is 2. The van der Waals surface area contributed by atoms with Crippen molar-refractivity contribution in [2.75, 3.05) is 52.6 Å². The van der Waals surface area contributed by atoms with Gasteiger partial charge in [-0.1, -0.05) is 5.79 Å². The first-order valence-corrected chi connectivity index (χ1v) is 7.70. The average Bonchev–Trinajstić information content (AvgIpc) is 2.30. The topological polar surface area (TPSA) is 24.9 Å². The minimum absolute atomic E-state index is 0.858. The molecule has 0 bridgehead atoms. The van der Waals surface area contributed by atoms with Gasteiger partial charge in [0.25, 0.3) is 0 Å². The lowest BCUT2D eigenvalue weighted by molar-refractivity contribution is 0.0495. The first-order chi connectivity index (χ1) is 6.88. The molecule has 0 saturated carbocycles. The summed E-state index contributed by atoms with van der Waals surface area (Å²) >= 11 is -0.858. The van der Waals surface area contributed by atoms with Crippen LogP contribution in [0.4, 0.5) is 0 Å². The Hall–Kier alpha value is 0.372. The SMILES string of the molecule is [CH3][Al]([N]1CCOCC1)[N]1CCOCC1. The molecule has 0 atom stereocenters. The van der Waals surface area contributed by atoms with Gasteiger partial charge in [0.05, 0.1) is 26.4 Å². The molecule has 0 unspecified atom stereocenters. The average molecular weight is 214 g/mol. The van der Waals surface area contributed by atoms with Crippen molar-refractivity contribution in [1.82, 2.24) is 7.77 Å². The summed E-state index contributed by atoms with van der Waals surface area (Å²) in [4.78, 5) is 0. The van der Waals surface area contributed by atoms with Crippen molar-refractivity contribution in [3.05, 3.63) is 0 Å². The Kier molecular flexibility index (Phi) is 4.24. The highest BCUT2D eigenvalue weighted by Gasteiger charge is 2.31. The van der Waals surface area contributed by atoms with E-state index in [4.69, 9.17) is 9.47 Å². The van der Waals surface area contributed by atoms with Crippen molar-refractivity contribution in [2.24, 2.45) is 0 Å². The summed E-state index contributed by atoms with van der Waals surface area (Å²) in [7, 11) is 0. The molecule has 80 valence electrons. The van der Waals surface area contributed by atoms with Crippen LogP contribution in [0.25, 0.3) is 0 Å². The molecule has 0 aliphatic carbocycles. The molecule has 5 heteroatoms. The Bertz CT molecular complexity index is 152. The quantitative estimate of drug-likeness (QED) is 0.593. The fraction of sp³-hybridized carbons (Fsp3) is 1.00. The van der Waals surface area contributed by atoms with Crippen molar-refractivity contribution < 1.29 is 9.47 Å². The van der Waals surface area contributed by atoms with Crippen LogP contribution >= 0.6 is 0 Å². The van der Waals surface area contributed by atoms with Gasteiger partial charge in [0.15, 0.2) is 0 Å². The Morgan fingerprint density at radius 3 is 1.50 bits per heavy atom. The molecular weight excluding hydrogens is 195 g/mol. The number of morpholine rings is 2. The number of hydrogen-bond donors (Lipinski definition) is 0. The van der Waals surface area contributed by atoms with Crippen molar-refractivity contribution in [3.63, 3.8) is 0 Å². The molecule has 0 aromatic carbocycles. The van der Waals surface area contributed by atoms with Crippen LogP contribution in [0.1, 0.15) is 0 Å². The third-order valence-electron chi connectivity index (χ3n) is 3.15. The smallest absolute Gasteiger partial charge is 0.379 e. The van der Waals surface area contributed by atoms with Crippen LogP contribution in [-0.4, -0.2) is 75.0 Å². The minimum Gasteiger partial charge on any atom is -0.379 e. The maximum absolute atomic E-state index is 5.37. The van der Waals surface area contributed by atoms with Gasteiger partial charge in [0.1, 0.15) is 0 Å². The third-order valence-corrected chi connectivity index (χ3v) is 6.29. The first-order valence-electron chi connectivity index (χ1n) is 5.51. The van der Waals surface area contributed by atoms with Crippen LogP contribution in [-0.2, 0) is 9.47 Å². The lowest BCUT2D eigenvalue weighted by atomic mass is 10.5. The minimum atomic E-state index is -0.858. The molecule has 0 aromatic heterocycles. The molecule has 4 nitrogen and oxygen atoms in total. The number of nitrogens with zero attached hydrogens (tertiary/aromatic N) is 2. The van der Waals surface area contributed by atoms with Gasteiger partial charge in [-0.05, 0) is 0 Å². The van der Waals surface area contributed by atoms with Gasteiger partial charge in [0.2, 0.25) is 0 Å². The van der Waals surface area contributed by atoms with Crippen molar-refractivity contribution in [2.45, 2.75) is 5.79 Å². The fourth-order valence-corrected chi connectivity index (χ4v) is 4.51. The van der Waals surface area contributed by atoms with Gasteiger partial charge in [-0.2, -0.15) is 0 Å². The zero-order valence-electron chi connectivity index (χ0n) is 8.95. The molecule has 2 aliphatic heterocycles. The van der Waals surface area contributed by atoms with Crippen LogP contribution in [0.3, 0.4) is 0 Å². The normalized spacial score (nSPS) is 26.4. The van der Waals surface area contributed by atoms with Gasteiger partial charge in [-0.15, -0.1) is 0 Å². The second kappa shape index (κ2) is 5.45. The van der Waals surface area contributed by atoms with Crippen molar-refractivity contribution >= 4 is 14.6 Å². The number of rotatable bonds is 2. The van der Waals surface area contributed by atoms with E-state index in [0.717, 1.165) is 52.6 Å². The Balaban J connectivity index is 1.82. The van der Waals surface area contributed by atoms with Crippen LogP contribution in [0.2, 0.25) is 5.79 Å². The fourth-order valence-electron chi connectivity index (χ4n) is 2.13. The van der Waals surface area contributed by atoms with Crippen molar-refractivity contribution in [3.8, 4) is 0 Å². The molecule has 0 radical (unpaired) electrons. The Labute approximate surface area is 90.6 Å². The molecule has 2 aliphatic rings. The molecule has 2 saturated heterocycles. The summed E-state index contributed by atoms with van der Waals surface area (Å²) in [6.07, 6.45) is 0. The highest BCUT2D eigenvalue weighted by molar-refractivity contribution is 6.51. The van der Waals surface area contributed by atoms with Gasteiger partial charge in [-0.25, -0.2) is 0 Å². The highest BCUT2D eigenvalue weighted by Crippen LogP contribution is 2.07. The van der Waals surface area contributed by atoms with E-state index in [1.54, 1.807) is 0 Å². The molecule has 2 fully saturated rings.